The molecule has 0 aromatic carbocycles. The number of amides is 1. The molecule has 28 heavy (non-hydrogen) atoms. The van der Waals surface area contributed by atoms with Crippen LogP contribution in [0.25, 0.3) is 11.0 Å². The number of pyridine rings is 1. The number of aromatic amines is 1. The Bertz CT molecular complexity index is 1060. The van der Waals surface area contributed by atoms with Crippen LogP contribution in [0.2, 0.25) is 0 Å². The van der Waals surface area contributed by atoms with Crippen molar-refractivity contribution in [2.75, 3.05) is 17.7 Å². The lowest BCUT2D eigenvalue weighted by Gasteiger charge is -2.16. The molecule has 4 heterocycles. The fourth-order valence-corrected chi connectivity index (χ4v) is 3.89. The highest BCUT2D eigenvalue weighted by Gasteiger charge is 2.21. The van der Waals surface area contributed by atoms with E-state index in [1.165, 1.54) is 11.8 Å². The molecule has 2 N–H and O–H groups in total. The van der Waals surface area contributed by atoms with E-state index in [1.54, 1.807) is 29.0 Å². The van der Waals surface area contributed by atoms with E-state index in [4.69, 9.17) is 4.74 Å². The van der Waals surface area contributed by atoms with Gasteiger partial charge in [0, 0.05) is 24.6 Å². The summed E-state index contributed by atoms with van der Waals surface area (Å²) < 4.78 is 7.28. The molecule has 1 saturated heterocycles. The molecule has 0 aliphatic carbocycles. The molecule has 1 amide bonds. The first-order valence-corrected chi connectivity index (χ1v) is 10.0. The van der Waals surface area contributed by atoms with Gasteiger partial charge in [0.1, 0.15) is 0 Å². The van der Waals surface area contributed by atoms with Gasteiger partial charge in [-0.1, -0.05) is 11.8 Å². The highest BCUT2D eigenvalue weighted by molar-refractivity contribution is 7.99. The number of anilines is 1. The fraction of sp³-hybridized carbons (Fsp3) is 0.389. The number of H-pyrrole nitrogens is 1. The summed E-state index contributed by atoms with van der Waals surface area (Å²) in [4.78, 5) is 33.9. The Morgan fingerprint density at radius 2 is 2.39 bits per heavy atom. The molecule has 9 nitrogen and oxygen atoms in total. The van der Waals surface area contributed by atoms with Crippen molar-refractivity contribution in [2.45, 2.75) is 37.6 Å². The van der Waals surface area contributed by atoms with Gasteiger partial charge in [0.15, 0.2) is 16.6 Å². The lowest BCUT2D eigenvalue weighted by molar-refractivity contribution is -0.113. The molecule has 10 heteroatoms. The number of nitrogens with one attached hydrogen (secondary N) is 2. The van der Waals surface area contributed by atoms with E-state index in [-0.39, 0.29) is 23.3 Å². The summed E-state index contributed by atoms with van der Waals surface area (Å²) >= 11 is 1.20. The topological polar surface area (TPSA) is 115 Å². The number of aryl methyl sites for hydroxylation is 1. The third-order valence-electron chi connectivity index (χ3n) is 4.41. The summed E-state index contributed by atoms with van der Waals surface area (Å²) in [5.41, 5.74) is 1.07. The Balaban J connectivity index is 1.57. The number of carbonyl (C=O) groups is 1. The van der Waals surface area contributed by atoms with Crippen LogP contribution in [-0.4, -0.2) is 49.1 Å². The Hall–Kier alpha value is -2.72. The zero-order chi connectivity index (χ0) is 19.5. The number of nitrogens with zero attached hydrogens (tertiary/aromatic N) is 4. The maximum atomic E-state index is 13.0. The van der Waals surface area contributed by atoms with Crippen molar-refractivity contribution in [3.63, 3.8) is 0 Å². The van der Waals surface area contributed by atoms with Crippen molar-refractivity contribution in [1.29, 1.82) is 0 Å². The number of fused-ring (bicyclic) bond motifs is 1. The normalized spacial score (nSPS) is 16.5. The first kappa shape index (κ1) is 18.6. The number of ether oxygens (including phenoxy) is 1. The van der Waals surface area contributed by atoms with Crippen LogP contribution in [0.4, 0.5) is 5.82 Å². The van der Waals surface area contributed by atoms with Crippen LogP contribution in [0.3, 0.4) is 0 Å². The Kier molecular flexibility index (Phi) is 5.40. The highest BCUT2D eigenvalue weighted by Crippen LogP contribution is 2.20. The molecule has 1 aliphatic rings. The quantitative estimate of drug-likeness (QED) is 0.478. The summed E-state index contributed by atoms with van der Waals surface area (Å²) in [5, 5.41) is 10.4. The van der Waals surface area contributed by atoms with Crippen molar-refractivity contribution in [1.82, 2.24) is 24.7 Å². The predicted molar refractivity (Wildman–Crippen MR) is 105 cm³/mol. The van der Waals surface area contributed by atoms with Gasteiger partial charge in [-0.15, -0.1) is 0 Å². The monoisotopic (exact) mass is 400 g/mol. The van der Waals surface area contributed by atoms with Gasteiger partial charge in [-0.2, -0.15) is 5.10 Å². The molecule has 146 valence electrons. The van der Waals surface area contributed by atoms with Crippen molar-refractivity contribution < 1.29 is 9.53 Å². The van der Waals surface area contributed by atoms with Gasteiger partial charge in [0.05, 0.1) is 23.8 Å². The Labute approximate surface area is 164 Å². The summed E-state index contributed by atoms with van der Waals surface area (Å²) in [6, 6.07) is 5.17. The molecule has 1 aliphatic heterocycles. The van der Waals surface area contributed by atoms with E-state index in [2.05, 4.69) is 25.5 Å². The third-order valence-corrected chi connectivity index (χ3v) is 5.39. The zero-order valence-electron chi connectivity index (χ0n) is 15.3. The molecule has 1 atom stereocenters. The van der Waals surface area contributed by atoms with E-state index >= 15 is 0 Å². The molecule has 3 aromatic rings. The number of aromatic nitrogens is 5. The zero-order valence-corrected chi connectivity index (χ0v) is 16.2. The molecule has 3 aromatic heterocycles. The molecule has 0 unspecified atom stereocenters. The standard InChI is InChI=1S/C18H20N6O3S/c1-11-8-14(23-22-11)20-15(25)10-28-18-21-16-13(5-2-6-19-16)17(26)24(18)9-12-4-3-7-27-12/h2,5-6,8,12H,3-4,7,9-10H2,1H3,(H2,20,22,23,25)/t12-/m0/s1. The summed E-state index contributed by atoms with van der Waals surface area (Å²) in [6.45, 7) is 2.97. The maximum Gasteiger partial charge on any atom is 0.263 e. The molecular formula is C18H20N6O3S. The largest absolute Gasteiger partial charge is 0.376 e. The smallest absolute Gasteiger partial charge is 0.263 e. The maximum absolute atomic E-state index is 13.0. The SMILES string of the molecule is Cc1cc(NC(=O)CSc2nc3ncccc3c(=O)n2C[C@@H]2CCCO2)n[nH]1. The van der Waals surface area contributed by atoms with Crippen molar-refractivity contribution in [3.05, 3.63) is 40.4 Å². The predicted octanol–water partition coefficient (Wildman–Crippen LogP) is 1.73. The third kappa shape index (κ3) is 4.07. The number of thioether (sulfide) groups is 1. The average molecular weight is 400 g/mol. The van der Waals surface area contributed by atoms with Crippen LogP contribution in [0.5, 0.6) is 0 Å². The molecule has 4 rings (SSSR count). The second-order valence-electron chi connectivity index (χ2n) is 6.59. The van der Waals surface area contributed by atoms with Crippen LogP contribution >= 0.6 is 11.8 Å². The average Bonchev–Trinajstić information content (AvgIpc) is 3.34. The van der Waals surface area contributed by atoms with Gasteiger partial charge in [-0.3, -0.25) is 19.3 Å². The molecule has 0 saturated carbocycles. The van der Waals surface area contributed by atoms with Gasteiger partial charge in [0.2, 0.25) is 5.91 Å². The minimum Gasteiger partial charge on any atom is -0.376 e. The van der Waals surface area contributed by atoms with E-state index in [0.717, 1.165) is 18.5 Å². The second kappa shape index (κ2) is 8.11. The van der Waals surface area contributed by atoms with Gasteiger partial charge in [0.25, 0.3) is 5.56 Å². The second-order valence-corrected chi connectivity index (χ2v) is 7.54. The minimum atomic E-state index is -0.226. The molecule has 0 bridgehead atoms. The van der Waals surface area contributed by atoms with Crippen molar-refractivity contribution >= 4 is 34.5 Å². The lowest BCUT2D eigenvalue weighted by Crippen LogP contribution is -2.29. The van der Waals surface area contributed by atoms with Gasteiger partial charge < -0.3 is 10.1 Å². The van der Waals surface area contributed by atoms with E-state index in [0.29, 0.717) is 35.2 Å². The van der Waals surface area contributed by atoms with Gasteiger partial charge >= 0.3 is 0 Å². The van der Waals surface area contributed by atoms with E-state index < -0.39 is 0 Å². The van der Waals surface area contributed by atoms with Crippen LogP contribution in [0.1, 0.15) is 18.5 Å². The highest BCUT2D eigenvalue weighted by atomic mass is 32.2. The summed E-state index contributed by atoms with van der Waals surface area (Å²) in [7, 11) is 0. The first-order valence-electron chi connectivity index (χ1n) is 9.02. The molecular weight excluding hydrogens is 380 g/mol. The number of carbonyl (C=O) groups excluding carboxylic acids is 1. The minimum absolute atomic E-state index is 0.0196. The van der Waals surface area contributed by atoms with Crippen LogP contribution in [0.15, 0.2) is 34.3 Å². The first-order chi connectivity index (χ1) is 13.6. The van der Waals surface area contributed by atoms with Crippen LogP contribution < -0.4 is 10.9 Å². The summed E-state index contributed by atoms with van der Waals surface area (Å²) in [5.74, 6) is 0.339. The van der Waals surface area contributed by atoms with E-state index in [9.17, 15) is 9.59 Å². The fourth-order valence-electron chi connectivity index (χ4n) is 3.09. The van der Waals surface area contributed by atoms with Crippen LogP contribution in [-0.2, 0) is 16.1 Å². The Morgan fingerprint density at radius 1 is 1.50 bits per heavy atom. The van der Waals surface area contributed by atoms with E-state index in [1.807, 2.05) is 6.92 Å². The van der Waals surface area contributed by atoms with Gasteiger partial charge in [-0.05, 0) is 31.9 Å². The number of hydrogen-bond donors (Lipinski definition) is 2. The van der Waals surface area contributed by atoms with Gasteiger partial charge in [-0.25, -0.2) is 9.97 Å². The molecule has 0 radical (unpaired) electrons. The number of rotatable bonds is 6. The van der Waals surface area contributed by atoms with Crippen molar-refractivity contribution in [3.8, 4) is 0 Å². The number of hydrogen-bond acceptors (Lipinski definition) is 7. The lowest BCUT2D eigenvalue weighted by atomic mass is 10.2. The Morgan fingerprint density at radius 3 is 3.14 bits per heavy atom. The molecule has 1 fully saturated rings. The van der Waals surface area contributed by atoms with Crippen molar-refractivity contribution in [2.24, 2.45) is 0 Å². The van der Waals surface area contributed by atoms with Crippen LogP contribution in [0, 0.1) is 6.92 Å². The molecule has 0 spiro atoms. The summed E-state index contributed by atoms with van der Waals surface area (Å²) in [6.07, 6.45) is 3.46.